The zero-order valence-electron chi connectivity index (χ0n) is 24.7. The van der Waals surface area contributed by atoms with Gasteiger partial charge in [0.05, 0.1) is 37.6 Å². The number of rotatable bonds is 6. The minimum atomic E-state index is -0.123. The van der Waals surface area contributed by atoms with E-state index in [2.05, 4.69) is 38.7 Å². The topological polar surface area (TPSA) is 51.2 Å². The van der Waals surface area contributed by atoms with Gasteiger partial charge in [0.1, 0.15) is 0 Å². The molecule has 5 heteroatoms. The lowest BCUT2D eigenvalue weighted by Crippen LogP contribution is -2.52. The van der Waals surface area contributed by atoms with Crippen molar-refractivity contribution in [3.8, 4) is 0 Å². The molecule has 0 radical (unpaired) electrons. The SMILES string of the molecule is COCCOCCN1C[C@@H](C)C[C@H]2O[C@]3(CC[C@@H]4C(=C(C)C3)C[C@H]3[C@H]4CC=C4C[C@@H](O)CC[C@@]43C)[C@H](C)[C@@H]21. The third-order valence-corrected chi connectivity index (χ3v) is 12.2. The van der Waals surface area contributed by atoms with Crippen LogP contribution in [0, 0.1) is 35.0 Å². The summed E-state index contributed by atoms with van der Waals surface area (Å²) < 4.78 is 18.3. The summed E-state index contributed by atoms with van der Waals surface area (Å²) in [5.41, 5.74) is 5.30. The van der Waals surface area contributed by atoms with Crippen LogP contribution in [0.4, 0.5) is 0 Å². The number of hydrogen-bond acceptors (Lipinski definition) is 5. The molecule has 0 unspecified atom stereocenters. The van der Waals surface area contributed by atoms with E-state index in [0.29, 0.717) is 42.6 Å². The Bertz CT molecular complexity index is 945. The summed E-state index contributed by atoms with van der Waals surface area (Å²) in [5.74, 6) is 3.47. The number of hydrogen-bond donors (Lipinski definition) is 1. The highest BCUT2D eigenvalue weighted by Gasteiger charge is 2.59. The zero-order chi connectivity index (χ0) is 26.7. The van der Waals surface area contributed by atoms with Gasteiger partial charge < -0.3 is 19.3 Å². The summed E-state index contributed by atoms with van der Waals surface area (Å²) in [6.45, 7) is 14.2. The van der Waals surface area contributed by atoms with Gasteiger partial charge in [-0.3, -0.25) is 4.90 Å². The molecule has 2 saturated heterocycles. The Labute approximate surface area is 231 Å². The number of fused-ring (bicyclic) bond motifs is 6. The van der Waals surface area contributed by atoms with Crippen molar-refractivity contribution in [2.24, 2.45) is 35.0 Å². The maximum atomic E-state index is 10.4. The summed E-state index contributed by atoms with van der Waals surface area (Å²) in [4.78, 5) is 2.71. The largest absolute Gasteiger partial charge is 0.393 e. The highest BCUT2D eigenvalue weighted by atomic mass is 16.5. The number of ether oxygens (including phenoxy) is 3. The van der Waals surface area contributed by atoms with Crippen LogP contribution in [0.1, 0.15) is 85.5 Å². The summed E-state index contributed by atoms with van der Waals surface area (Å²) >= 11 is 0. The Morgan fingerprint density at radius 3 is 2.79 bits per heavy atom. The van der Waals surface area contributed by atoms with Crippen molar-refractivity contribution in [1.82, 2.24) is 4.90 Å². The lowest BCUT2D eigenvalue weighted by Gasteiger charge is -2.49. The van der Waals surface area contributed by atoms with Crippen LogP contribution in [0.25, 0.3) is 0 Å². The minimum absolute atomic E-state index is 0.0139. The maximum Gasteiger partial charge on any atom is 0.0765 e. The van der Waals surface area contributed by atoms with Crippen molar-refractivity contribution in [1.29, 1.82) is 0 Å². The molecule has 2 saturated carbocycles. The van der Waals surface area contributed by atoms with Crippen molar-refractivity contribution >= 4 is 0 Å². The molecule has 214 valence electrons. The van der Waals surface area contributed by atoms with Crippen LogP contribution in [0.5, 0.6) is 0 Å². The van der Waals surface area contributed by atoms with E-state index < -0.39 is 0 Å². The van der Waals surface area contributed by atoms with E-state index >= 15 is 0 Å². The van der Waals surface area contributed by atoms with E-state index in [1.54, 1.807) is 23.8 Å². The van der Waals surface area contributed by atoms with E-state index in [0.717, 1.165) is 63.1 Å². The Kier molecular flexibility index (Phi) is 7.65. The number of allylic oxidation sites excluding steroid dienone is 2. The van der Waals surface area contributed by atoms with Crippen LogP contribution >= 0.6 is 0 Å². The molecule has 2 aliphatic heterocycles. The molecule has 4 fully saturated rings. The van der Waals surface area contributed by atoms with Gasteiger partial charge in [0.15, 0.2) is 0 Å². The predicted molar refractivity (Wildman–Crippen MR) is 151 cm³/mol. The van der Waals surface area contributed by atoms with Crippen LogP contribution in [0.2, 0.25) is 0 Å². The molecule has 1 N–H and O–H groups in total. The van der Waals surface area contributed by atoms with E-state index in [1.165, 1.54) is 32.1 Å². The van der Waals surface area contributed by atoms with Crippen molar-refractivity contribution in [2.75, 3.05) is 40.0 Å². The van der Waals surface area contributed by atoms with Gasteiger partial charge in [-0.2, -0.15) is 0 Å². The molecule has 6 rings (SSSR count). The Morgan fingerprint density at radius 1 is 1.13 bits per heavy atom. The van der Waals surface area contributed by atoms with Crippen LogP contribution in [0.15, 0.2) is 22.8 Å². The molecule has 10 atom stereocenters. The van der Waals surface area contributed by atoms with Gasteiger partial charge in [0.2, 0.25) is 0 Å². The average Bonchev–Trinajstić information content (AvgIpc) is 3.34. The molecule has 0 aromatic rings. The van der Waals surface area contributed by atoms with Gasteiger partial charge in [-0.05, 0) is 93.8 Å². The van der Waals surface area contributed by atoms with Gasteiger partial charge in [-0.25, -0.2) is 0 Å². The fourth-order valence-corrected chi connectivity index (χ4v) is 10.3. The van der Waals surface area contributed by atoms with Crippen LogP contribution in [-0.4, -0.2) is 73.9 Å². The fourth-order valence-electron chi connectivity index (χ4n) is 10.3. The van der Waals surface area contributed by atoms with Crippen molar-refractivity contribution in [2.45, 2.75) is 109 Å². The van der Waals surface area contributed by atoms with E-state index in [4.69, 9.17) is 14.2 Å². The van der Waals surface area contributed by atoms with Crippen molar-refractivity contribution in [3.63, 3.8) is 0 Å². The number of nitrogens with zero attached hydrogens (tertiary/aromatic N) is 1. The van der Waals surface area contributed by atoms with Gasteiger partial charge in [-0.1, -0.05) is 43.6 Å². The third-order valence-electron chi connectivity index (χ3n) is 12.2. The summed E-state index contributed by atoms with van der Waals surface area (Å²) in [5, 5.41) is 10.4. The molecule has 1 spiro atoms. The van der Waals surface area contributed by atoms with Crippen LogP contribution < -0.4 is 0 Å². The molecular formula is C33H53NO4. The lowest BCUT2D eigenvalue weighted by molar-refractivity contribution is -0.0805. The molecule has 4 aliphatic carbocycles. The normalized spacial score (nSPS) is 46.8. The number of aliphatic hydroxyl groups is 1. The smallest absolute Gasteiger partial charge is 0.0765 e. The fraction of sp³-hybridized carbons (Fsp3) is 0.879. The lowest BCUT2D eigenvalue weighted by atomic mass is 9.56. The summed E-state index contributed by atoms with van der Waals surface area (Å²) in [6.07, 6.45) is 13.1. The molecule has 0 bridgehead atoms. The molecule has 0 aromatic heterocycles. The van der Waals surface area contributed by atoms with Gasteiger partial charge >= 0.3 is 0 Å². The molecule has 38 heavy (non-hydrogen) atoms. The first kappa shape index (κ1) is 27.4. The highest BCUT2D eigenvalue weighted by Crippen LogP contribution is 2.63. The second-order valence-corrected chi connectivity index (χ2v) is 14.3. The predicted octanol–water partition coefficient (Wildman–Crippen LogP) is 5.77. The van der Waals surface area contributed by atoms with E-state index in [-0.39, 0.29) is 11.7 Å². The number of methoxy groups -OCH3 is 1. The zero-order valence-corrected chi connectivity index (χ0v) is 24.7. The second kappa shape index (κ2) is 10.6. The quantitative estimate of drug-likeness (QED) is 0.351. The number of likely N-dealkylation sites (tertiary alicyclic amines) is 1. The van der Waals surface area contributed by atoms with Crippen molar-refractivity contribution < 1.29 is 19.3 Å². The first-order valence-electron chi connectivity index (χ1n) is 15.8. The Balaban J connectivity index is 1.20. The van der Waals surface area contributed by atoms with Gasteiger partial charge in [0, 0.05) is 32.2 Å². The van der Waals surface area contributed by atoms with Crippen LogP contribution in [-0.2, 0) is 14.2 Å². The summed E-state index contributed by atoms with van der Waals surface area (Å²) in [7, 11) is 1.74. The molecule has 2 heterocycles. The molecule has 6 aliphatic rings. The standard InChI is InChI=1S/C33H53NO4/c1-21-16-30-31(34(20-21)12-13-37-15-14-36-5)23(3)33(38-30)11-9-26-27-7-6-24-17-25(35)8-10-32(24,4)29(27)18-28(26)22(2)19-33/h6,21,23,25-27,29-31,35H,7-20H2,1-5H3/t21-,23+,25-,26-,27-,29-,30+,31-,32-,33-/m0/s1. The highest BCUT2D eigenvalue weighted by molar-refractivity contribution is 5.34. The van der Waals surface area contributed by atoms with E-state index in [1.807, 2.05) is 0 Å². The Hall–Kier alpha value is -0.720. The molecule has 0 amide bonds. The molecular weight excluding hydrogens is 474 g/mol. The summed E-state index contributed by atoms with van der Waals surface area (Å²) in [6, 6.07) is 0.508. The molecule has 0 aromatic carbocycles. The third kappa shape index (κ3) is 4.57. The maximum absolute atomic E-state index is 10.4. The average molecular weight is 528 g/mol. The van der Waals surface area contributed by atoms with Gasteiger partial charge in [-0.15, -0.1) is 0 Å². The van der Waals surface area contributed by atoms with Crippen LogP contribution in [0.3, 0.4) is 0 Å². The molecule has 5 nitrogen and oxygen atoms in total. The van der Waals surface area contributed by atoms with E-state index in [9.17, 15) is 5.11 Å². The first-order chi connectivity index (χ1) is 18.3. The number of aliphatic hydroxyl groups excluding tert-OH is 1. The minimum Gasteiger partial charge on any atom is -0.393 e. The second-order valence-electron chi connectivity index (χ2n) is 14.3. The first-order valence-corrected chi connectivity index (χ1v) is 15.8. The van der Waals surface area contributed by atoms with Crippen molar-refractivity contribution in [3.05, 3.63) is 22.8 Å². The Morgan fingerprint density at radius 2 is 1.97 bits per heavy atom. The van der Waals surface area contributed by atoms with Gasteiger partial charge in [0.25, 0.3) is 0 Å². The number of piperidine rings is 1. The monoisotopic (exact) mass is 527 g/mol.